The highest BCUT2D eigenvalue weighted by Crippen LogP contribution is 2.27. The molecule has 2 aromatic carbocycles. The van der Waals surface area contributed by atoms with Gasteiger partial charge in [0, 0.05) is 17.1 Å². The van der Waals surface area contributed by atoms with E-state index in [0.29, 0.717) is 23.6 Å². The van der Waals surface area contributed by atoms with Gasteiger partial charge in [0.1, 0.15) is 0 Å². The smallest absolute Gasteiger partial charge is 0.251 e. The molecule has 2 aromatic rings. The zero-order valence-corrected chi connectivity index (χ0v) is 14.0. The van der Waals surface area contributed by atoms with Gasteiger partial charge in [0.15, 0.2) is 11.5 Å². The molecule has 0 spiro atoms. The Morgan fingerprint density at radius 2 is 1.74 bits per heavy atom. The molecule has 0 aromatic heterocycles. The van der Waals surface area contributed by atoms with Gasteiger partial charge in [-0.05, 0) is 48.7 Å². The average Bonchev–Trinajstić information content (AvgIpc) is 2.59. The lowest BCUT2D eigenvalue weighted by Crippen LogP contribution is -2.24. The van der Waals surface area contributed by atoms with E-state index in [2.05, 4.69) is 5.32 Å². The van der Waals surface area contributed by atoms with E-state index in [1.165, 1.54) is 5.56 Å². The van der Waals surface area contributed by atoms with Crippen LogP contribution in [0.4, 0.5) is 0 Å². The Hall–Kier alpha value is -2.20. The summed E-state index contributed by atoms with van der Waals surface area (Å²) in [7, 11) is 3.11. The molecular weight excluding hydrogens is 314 g/mol. The van der Waals surface area contributed by atoms with Crippen molar-refractivity contribution in [2.75, 3.05) is 20.8 Å². The summed E-state index contributed by atoms with van der Waals surface area (Å²) in [5.74, 6) is 1.02. The lowest BCUT2D eigenvalue weighted by Gasteiger charge is -2.10. The molecule has 1 N–H and O–H groups in total. The standard InChI is InChI=1S/C18H20ClNO3/c1-22-16-10-7-14(12-17(16)23-2)18(21)20-11-3-4-13-5-8-15(19)9-6-13/h5-10,12H,3-4,11H2,1-2H3,(H,20,21). The van der Waals surface area contributed by atoms with Gasteiger partial charge >= 0.3 is 0 Å². The van der Waals surface area contributed by atoms with E-state index in [0.717, 1.165) is 17.9 Å². The number of nitrogens with one attached hydrogen (secondary N) is 1. The first-order valence-electron chi connectivity index (χ1n) is 7.38. The highest BCUT2D eigenvalue weighted by molar-refractivity contribution is 6.30. The lowest BCUT2D eigenvalue weighted by atomic mass is 10.1. The third-order valence-corrected chi connectivity index (χ3v) is 3.74. The van der Waals surface area contributed by atoms with E-state index in [4.69, 9.17) is 21.1 Å². The quantitative estimate of drug-likeness (QED) is 0.785. The minimum atomic E-state index is -0.123. The van der Waals surface area contributed by atoms with E-state index in [-0.39, 0.29) is 5.91 Å². The number of ether oxygens (including phenoxy) is 2. The average molecular weight is 334 g/mol. The second-order valence-electron chi connectivity index (χ2n) is 5.06. The summed E-state index contributed by atoms with van der Waals surface area (Å²) in [6, 6.07) is 12.9. The van der Waals surface area contributed by atoms with Crippen molar-refractivity contribution in [3.63, 3.8) is 0 Å². The predicted octanol–water partition coefficient (Wildman–Crippen LogP) is 3.72. The van der Waals surface area contributed by atoms with Crippen molar-refractivity contribution in [2.24, 2.45) is 0 Å². The third-order valence-electron chi connectivity index (χ3n) is 3.49. The molecule has 5 heteroatoms. The topological polar surface area (TPSA) is 47.6 Å². The number of carbonyl (C=O) groups is 1. The van der Waals surface area contributed by atoms with Crippen molar-refractivity contribution in [2.45, 2.75) is 12.8 Å². The molecule has 0 saturated carbocycles. The number of carbonyl (C=O) groups excluding carboxylic acids is 1. The number of halogens is 1. The van der Waals surface area contributed by atoms with Crippen molar-refractivity contribution in [3.05, 3.63) is 58.6 Å². The van der Waals surface area contributed by atoms with Gasteiger partial charge in [-0.1, -0.05) is 23.7 Å². The van der Waals surface area contributed by atoms with E-state index >= 15 is 0 Å². The largest absolute Gasteiger partial charge is 0.493 e. The van der Waals surface area contributed by atoms with Crippen LogP contribution in [0.5, 0.6) is 11.5 Å². The fraction of sp³-hybridized carbons (Fsp3) is 0.278. The van der Waals surface area contributed by atoms with Crippen LogP contribution in [0.25, 0.3) is 0 Å². The molecule has 0 fully saturated rings. The van der Waals surface area contributed by atoms with Crippen molar-refractivity contribution in [1.29, 1.82) is 0 Å². The van der Waals surface area contributed by atoms with Crippen LogP contribution in [-0.4, -0.2) is 26.7 Å². The molecule has 0 aliphatic heterocycles. The minimum Gasteiger partial charge on any atom is -0.493 e. The van der Waals surface area contributed by atoms with Crippen LogP contribution in [0.3, 0.4) is 0 Å². The molecule has 0 saturated heterocycles. The van der Waals surface area contributed by atoms with E-state index in [1.54, 1.807) is 32.4 Å². The first-order valence-corrected chi connectivity index (χ1v) is 7.76. The maximum Gasteiger partial charge on any atom is 0.251 e. The number of benzene rings is 2. The molecule has 4 nitrogen and oxygen atoms in total. The monoisotopic (exact) mass is 333 g/mol. The second-order valence-corrected chi connectivity index (χ2v) is 5.49. The maximum absolute atomic E-state index is 12.1. The van der Waals surface area contributed by atoms with Gasteiger partial charge in [-0.25, -0.2) is 0 Å². The van der Waals surface area contributed by atoms with Crippen LogP contribution >= 0.6 is 11.6 Å². The SMILES string of the molecule is COc1ccc(C(=O)NCCCc2ccc(Cl)cc2)cc1OC. The Balaban J connectivity index is 1.83. The molecule has 0 aliphatic carbocycles. The molecule has 2 rings (SSSR count). The van der Waals surface area contributed by atoms with Gasteiger partial charge in [-0.2, -0.15) is 0 Å². The Morgan fingerprint density at radius 3 is 2.39 bits per heavy atom. The van der Waals surface area contributed by atoms with Gasteiger partial charge in [-0.3, -0.25) is 4.79 Å². The van der Waals surface area contributed by atoms with Gasteiger partial charge in [-0.15, -0.1) is 0 Å². The first-order chi connectivity index (χ1) is 11.1. The van der Waals surface area contributed by atoms with Gasteiger partial charge in [0.05, 0.1) is 14.2 Å². The number of hydrogen-bond donors (Lipinski definition) is 1. The van der Waals surface area contributed by atoms with Crippen LogP contribution in [0.2, 0.25) is 5.02 Å². The molecular formula is C18H20ClNO3. The Kier molecular flexibility index (Phi) is 6.29. The Labute approximate surface area is 141 Å². The summed E-state index contributed by atoms with van der Waals surface area (Å²) < 4.78 is 10.4. The van der Waals surface area contributed by atoms with Crippen molar-refractivity contribution in [3.8, 4) is 11.5 Å². The molecule has 0 atom stereocenters. The predicted molar refractivity (Wildman–Crippen MR) is 91.7 cm³/mol. The fourth-order valence-corrected chi connectivity index (χ4v) is 2.35. The molecule has 1 amide bonds. The molecule has 0 aliphatic rings. The number of amides is 1. The number of aryl methyl sites for hydroxylation is 1. The summed E-state index contributed by atoms with van der Waals surface area (Å²) in [4.78, 5) is 12.1. The molecule has 0 radical (unpaired) electrons. The van der Waals surface area contributed by atoms with Crippen LogP contribution in [0.1, 0.15) is 22.3 Å². The van der Waals surface area contributed by atoms with Crippen molar-refractivity contribution in [1.82, 2.24) is 5.32 Å². The van der Waals surface area contributed by atoms with Crippen LogP contribution in [0, 0.1) is 0 Å². The highest BCUT2D eigenvalue weighted by atomic mass is 35.5. The fourth-order valence-electron chi connectivity index (χ4n) is 2.23. The summed E-state index contributed by atoms with van der Waals surface area (Å²) in [5, 5.41) is 3.64. The Morgan fingerprint density at radius 1 is 1.04 bits per heavy atom. The minimum absolute atomic E-state index is 0.123. The maximum atomic E-state index is 12.1. The number of rotatable bonds is 7. The lowest BCUT2D eigenvalue weighted by molar-refractivity contribution is 0.0953. The van der Waals surface area contributed by atoms with Crippen LogP contribution < -0.4 is 14.8 Å². The molecule has 122 valence electrons. The molecule has 0 heterocycles. The molecule has 23 heavy (non-hydrogen) atoms. The van der Waals surface area contributed by atoms with E-state index < -0.39 is 0 Å². The number of hydrogen-bond acceptors (Lipinski definition) is 3. The summed E-state index contributed by atoms with van der Waals surface area (Å²) in [6.07, 6.45) is 1.75. The van der Waals surface area contributed by atoms with Crippen LogP contribution in [0.15, 0.2) is 42.5 Å². The Bertz CT molecular complexity index is 656. The second kappa shape index (κ2) is 8.44. The zero-order chi connectivity index (χ0) is 16.7. The van der Waals surface area contributed by atoms with Gasteiger partial charge < -0.3 is 14.8 Å². The van der Waals surface area contributed by atoms with E-state index in [9.17, 15) is 4.79 Å². The number of methoxy groups -OCH3 is 2. The summed E-state index contributed by atoms with van der Waals surface area (Å²) in [5.41, 5.74) is 1.75. The molecule has 0 bridgehead atoms. The van der Waals surface area contributed by atoms with E-state index in [1.807, 2.05) is 24.3 Å². The zero-order valence-electron chi connectivity index (χ0n) is 13.3. The summed E-state index contributed by atoms with van der Waals surface area (Å²) >= 11 is 5.85. The third kappa shape index (κ3) is 4.89. The molecule has 0 unspecified atom stereocenters. The van der Waals surface area contributed by atoms with Crippen molar-refractivity contribution >= 4 is 17.5 Å². The van der Waals surface area contributed by atoms with Gasteiger partial charge in [0.25, 0.3) is 5.91 Å². The highest BCUT2D eigenvalue weighted by Gasteiger charge is 2.10. The first kappa shape index (κ1) is 17.2. The normalized spacial score (nSPS) is 10.2. The van der Waals surface area contributed by atoms with Crippen molar-refractivity contribution < 1.29 is 14.3 Å². The van der Waals surface area contributed by atoms with Gasteiger partial charge in [0.2, 0.25) is 0 Å². The summed E-state index contributed by atoms with van der Waals surface area (Å²) in [6.45, 7) is 0.607. The van der Waals surface area contributed by atoms with Crippen LogP contribution in [-0.2, 0) is 6.42 Å².